The highest BCUT2D eigenvalue weighted by molar-refractivity contribution is 5.78. The fourth-order valence-corrected chi connectivity index (χ4v) is 2.88. The van der Waals surface area contributed by atoms with Gasteiger partial charge in [0.25, 0.3) is 0 Å². The molecule has 0 aliphatic carbocycles. The molecule has 1 aromatic rings. The molecule has 1 saturated heterocycles. The van der Waals surface area contributed by atoms with Crippen LogP contribution in [-0.2, 0) is 9.53 Å². The zero-order valence-electron chi connectivity index (χ0n) is 14.7. The lowest BCUT2D eigenvalue weighted by molar-refractivity contribution is -0.138. The van der Waals surface area contributed by atoms with Gasteiger partial charge in [-0.15, -0.1) is 0 Å². The number of para-hydroxylation sites is 1. The molecule has 0 aromatic heterocycles. The van der Waals surface area contributed by atoms with Crippen LogP contribution in [0, 0.1) is 5.92 Å². The van der Waals surface area contributed by atoms with E-state index in [2.05, 4.69) is 0 Å². The van der Waals surface area contributed by atoms with Crippen molar-refractivity contribution >= 4 is 5.91 Å². The molecule has 1 aliphatic heterocycles. The van der Waals surface area contributed by atoms with E-state index in [9.17, 15) is 4.79 Å². The average molecular weight is 334 g/mol. The van der Waals surface area contributed by atoms with Gasteiger partial charge >= 0.3 is 0 Å². The molecule has 1 amide bonds. The molecule has 1 aliphatic rings. The largest absolute Gasteiger partial charge is 0.494 e. The number of likely N-dealkylation sites (tertiary alicyclic amines) is 1. The quantitative estimate of drug-likeness (QED) is 0.705. The molecule has 0 spiro atoms. The van der Waals surface area contributed by atoms with E-state index in [0.29, 0.717) is 13.2 Å². The van der Waals surface area contributed by atoms with Gasteiger partial charge in [-0.05, 0) is 44.4 Å². The van der Waals surface area contributed by atoms with Gasteiger partial charge in [0.1, 0.15) is 5.75 Å². The van der Waals surface area contributed by atoms with Crippen molar-refractivity contribution in [3.8, 4) is 5.75 Å². The van der Waals surface area contributed by atoms with Crippen LogP contribution in [0.3, 0.4) is 0 Å². The number of hydrogen-bond acceptors (Lipinski definition) is 4. The Hall–Kier alpha value is -1.59. The lowest BCUT2D eigenvalue weighted by Gasteiger charge is -2.33. The predicted octanol–water partition coefficient (Wildman–Crippen LogP) is 2.45. The molecule has 1 fully saturated rings. The highest BCUT2D eigenvalue weighted by Crippen LogP contribution is 2.18. The third-order valence-corrected chi connectivity index (χ3v) is 4.44. The van der Waals surface area contributed by atoms with Crippen molar-refractivity contribution < 1.29 is 14.3 Å². The van der Waals surface area contributed by atoms with Crippen LogP contribution in [0.2, 0.25) is 0 Å². The van der Waals surface area contributed by atoms with Crippen molar-refractivity contribution in [2.45, 2.75) is 38.7 Å². The van der Waals surface area contributed by atoms with Gasteiger partial charge in [0.2, 0.25) is 5.91 Å². The molecule has 0 radical (unpaired) electrons. The van der Waals surface area contributed by atoms with Crippen LogP contribution in [0.15, 0.2) is 30.3 Å². The second-order valence-electron chi connectivity index (χ2n) is 6.39. The van der Waals surface area contributed by atoms with Crippen molar-refractivity contribution in [2.24, 2.45) is 11.7 Å². The summed E-state index contributed by atoms with van der Waals surface area (Å²) in [6.45, 7) is 5.52. The third kappa shape index (κ3) is 6.13. The van der Waals surface area contributed by atoms with Gasteiger partial charge < -0.3 is 20.1 Å². The number of piperidine rings is 1. The third-order valence-electron chi connectivity index (χ3n) is 4.44. The van der Waals surface area contributed by atoms with Crippen molar-refractivity contribution in [3.63, 3.8) is 0 Å². The summed E-state index contributed by atoms with van der Waals surface area (Å²) in [4.78, 5) is 14.5. The SMILES string of the molecule is CC(CCOc1ccccc1)C(=O)N1CCC(OCCCN)CC1. The molecule has 0 saturated carbocycles. The highest BCUT2D eigenvalue weighted by Gasteiger charge is 2.26. The maximum atomic E-state index is 12.5. The summed E-state index contributed by atoms with van der Waals surface area (Å²) in [6.07, 6.45) is 3.75. The molecule has 2 N–H and O–H groups in total. The van der Waals surface area contributed by atoms with Gasteiger partial charge in [0.05, 0.1) is 12.7 Å². The normalized spacial score (nSPS) is 16.8. The number of hydrogen-bond donors (Lipinski definition) is 1. The number of amides is 1. The van der Waals surface area contributed by atoms with Crippen LogP contribution in [0.4, 0.5) is 0 Å². The number of benzene rings is 1. The van der Waals surface area contributed by atoms with Crippen LogP contribution in [0.5, 0.6) is 5.75 Å². The summed E-state index contributed by atoms with van der Waals surface area (Å²) >= 11 is 0. The van der Waals surface area contributed by atoms with E-state index in [1.54, 1.807) is 0 Å². The van der Waals surface area contributed by atoms with Crippen molar-refractivity contribution in [2.75, 3.05) is 32.8 Å². The topological polar surface area (TPSA) is 64.8 Å². The summed E-state index contributed by atoms with van der Waals surface area (Å²) in [5.41, 5.74) is 5.47. The molecule has 5 heteroatoms. The van der Waals surface area contributed by atoms with Gasteiger partial charge in [0, 0.05) is 25.6 Å². The molecule has 0 bridgehead atoms. The van der Waals surface area contributed by atoms with Crippen LogP contribution < -0.4 is 10.5 Å². The number of nitrogens with two attached hydrogens (primary N) is 1. The van der Waals surface area contributed by atoms with Crippen molar-refractivity contribution in [1.29, 1.82) is 0 Å². The van der Waals surface area contributed by atoms with Gasteiger partial charge in [0.15, 0.2) is 0 Å². The van der Waals surface area contributed by atoms with Gasteiger partial charge in [-0.2, -0.15) is 0 Å². The maximum absolute atomic E-state index is 12.5. The lowest BCUT2D eigenvalue weighted by atomic mass is 10.0. The Bertz CT molecular complexity index is 473. The highest BCUT2D eigenvalue weighted by atomic mass is 16.5. The van der Waals surface area contributed by atoms with Crippen molar-refractivity contribution in [1.82, 2.24) is 4.90 Å². The van der Waals surface area contributed by atoms with Gasteiger partial charge in [-0.3, -0.25) is 4.79 Å². The van der Waals surface area contributed by atoms with E-state index in [1.165, 1.54) is 0 Å². The number of carbonyl (C=O) groups excluding carboxylic acids is 1. The number of nitrogens with zero attached hydrogens (tertiary/aromatic N) is 1. The summed E-state index contributed by atoms with van der Waals surface area (Å²) < 4.78 is 11.5. The summed E-state index contributed by atoms with van der Waals surface area (Å²) in [5.74, 6) is 1.07. The molecular formula is C19H30N2O3. The molecule has 1 heterocycles. The van der Waals surface area contributed by atoms with Crippen LogP contribution >= 0.6 is 0 Å². The smallest absolute Gasteiger partial charge is 0.225 e. The number of carbonyl (C=O) groups is 1. The molecule has 24 heavy (non-hydrogen) atoms. The Labute approximate surface area is 145 Å². The van der Waals surface area contributed by atoms with Crippen LogP contribution in [0.25, 0.3) is 0 Å². The second-order valence-corrected chi connectivity index (χ2v) is 6.39. The standard InChI is InChI=1S/C19H30N2O3/c1-16(10-15-24-17-6-3-2-4-7-17)19(22)21-12-8-18(9-13-21)23-14-5-11-20/h2-4,6-7,16,18H,5,8-15,20H2,1H3. The molecule has 1 aromatic carbocycles. The summed E-state index contributed by atoms with van der Waals surface area (Å²) in [6, 6.07) is 9.72. The number of rotatable bonds is 9. The molecule has 1 unspecified atom stereocenters. The van der Waals surface area contributed by atoms with Crippen LogP contribution in [0.1, 0.15) is 32.6 Å². The Morgan fingerprint density at radius 2 is 1.96 bits per heavy atom. The first-order valence-corrected chi connectivity index (χ1v) is 8.99. The molecule has 1 atom stereocenters. The van der Waals surface area contributed by atoms with E-state index in [0.717, 1.165) is 51.1 Å². The summed E-state index contributed by atoms with van der Waals surface area (Å²) in [5, 5.41) is 0. The molecule has 5 nitrogen and oxygen atoms in total. The van der Waals surface area contributed by atoms with Crippen LogP contribution in [-0.4, -0.2) is 49.8 Å². The molecule has 2 rings (SSSR count). The van der Waals surface area contributed by atoms with Crippen molar-refractivity contribution in [3.05, 3.63) is 30.3 Å². The Morgan fingerprint density at radius 1 is 1.25 bits per heavy atom. The first-order valence-electron chi connectivity index (χ1n) is 8.99. The minimum Gasteiger partial charge on any atom is -0.494 e. The predicted molar refractivity (Wildman–Crippen MR) is 94.9 cm³/mol. The Balaban J connectivity index is 1.64. The first kappa shape index (κ1) is 18.7. The Kier molecular flexibility index (Phi) is 8.05. The second kappa shape index (κ2) is 10.3. The zero-order chi connectivity index (χ0) is 17.2. The van der Waals surface area contributed by atoms with E-state index in [-0.39, 0.29) is 17.9 Å². The van der Waals surface area contributed by atoms with Gasteiger partial charge in [-0.25, -0.2) is 0 Å². The Morgan fingerprint density at radius 3 is 2.62 bits per heavy atom. The van der Waals surface area contributed by atoms with E-state index >= 15 is 0 Å². The minimum absolute atomic E-state index is 0.0107. The van der Waals surface area contributed by atoms with Gasteiger partial charge in [-0.1, -0.05) is 25.1 Å². The summed E-state index contributed by atoms with van der Waals surface area (Å²) in [7, 11) is 0. The minimum atomic E-state index is -0.0107. The van der Waals surface area contributed by atoms with E-state index in [1.807, 2.05) is 42.2 Å². The fourth-order valence-electron chi connectivity index (χ4n) is 2.88. The first-order chi connectivity index (χ1) is 11.7. The fraction of sp³-hybridized carbons (Fsp3) is 0.632. The monoisotopic (exact) mass is 334 g/mol. The molecular weight excluding hydrogens is 304 g/mol. The zero-order valence-corrected chi connectivity index (χ0v) is 14.7. The van der Waals surface area contributed by atoms with E-state index < -0.39 is 0 Å². The van der Waals surface area contributed by atoms with E-state index in [4.69, 9.17) is 15.2 Å². The number of ether oxygens (including phenoxy) is 2. The average Bonchev–Trinajstić information content (AvgIpc) is 2.63. The maximum Gasteiger partial charge on any atom is 0.225 e. The lowest BCUT2D eigenvalue weighted by Crippen LogP contribution is -2.43. The molecule has 134 valence electrons.